The van der Waals surface area contributed by atoms with Crippen LogP contribution in [0, 0.1) is 10.1 Å². The number of carbonyl (C=O) groups excluding carboxylic acids is 2. The van der Waals surface area contributed by atoms with E-state index >= 15 is 0 Å². The van der Waals surface area contributed by atoms with Crippen molar-refractivity contribution in [2.75, 3.05) is 0 Å². The number of hydrogen-bond donors (Lipinski definition) is 0. The number of nitrogens with zero attached hydrogens (tertiary/aromatic N) is 2. The first kappa shape index (κ1) is 15.1. The standard InChI is InChI=1S/C9H3F3N2O6S/c10-9(11,12)21(19)20-13-7(15)5-2-1-4(14(17)18)3-6(5)8(13)16/h1-3H. The molecule has 0 fully saturated rings. The Hall–Kier alpha value is -2.34. The Kier molecular flexibility index (Phi) is 3.51. The fourth-order valence-corrected chi connectivity index (χ4v) is 1.85. The summed E-state index contributed by atoms with van der Waals surface area (Å²) in [5, 5.41) is 10.2. The fraction of sp³-hybridized carbons (Fsp3) is 0.111. The zero-order valence-electron chi connectivity index (χ0n) is 9.62. The maximum Gasteiger partial charge on any atom is 0.499 e. The van der Waals surface area contributed by atoms with Crippen LogP contribution in [0.2, 0.25) is 0 Å². The van der Waals surface area contributed by atoms with Gasteiger partial charge in [0.25, 0.3) is 28.6 Å². The summed E-state index contributed by atoms with van der Waals surface area (Å²) in [5.74, 6) is -2.65. The van der Waals surface area contributed by atoms with Crippen molar-refractivity contribution >= 4 is 28.6 Å². The Morgan fingerprint density at radius 3 is 2.29 bits per heavy atom. The average molecular weight is 324 g/mol. The van der Waals surface area contributed by atoms with E-state index in [2.05, 4.69) is 4.28 Å². The van der Waals surface area contributed by atoms with Crippen molar-refractivity contribution in [1.29, 1.82) is 0 Å². The minimum Gasteiger partial charge on any atom is -0.266 e. The number of halogens is 3. The number of amides is 2. The van der Waals surface area contributed by atoms with Crippen molar-refractivity contribution in [3.8, 4) is 0 Å². The van der Waals surface area contributed by atoms with E-state index < -0.39 is 44.6 Å². The maximum absolute atomic E-state index is 12.1. The molecule has 0 aromatic heterocycles. The van der Waals surface area contributed by atoms with Gasteiger partial charge in [0.15, 0.2) is 0 Å². The second-order valence-corrected chi connectivity index (χ2v) is 4.73. The van der Waals surface area contributed by atoms with Gasteiger partial charge in [0.1, 0.15) is 0 Å². The van der Waals surface area contributed by atoms with Crippen molar-refractivity contribution in [1.82, 2.24) is 5.06 Å². The smallest absolute Gasteiger partial charge is 0.266 e. The number of non-ortho nitro benzene ring substituents is 1. The van der Waals surface area contributed by atoms with Crippen LogP contribution >= 0.6 is 0 Å². The maximum atomic E-state index is 12.1. The molecule has 8 nitrogen and oxygen atoms in total. The molecule has 1 unspecified atom stereocenters. The van der Waals surface area contributed by atoms with E-state index in [4.69, 9.17) is 0 Å². The van der Waals surface area contributed by atoms with E-state index in [0.29, 0.717) is 0 Å². The van der Waals surface area contributed by atoms with Crippen LogP contribution < -0.4 is 0 Å². The quantitative estimate of drug-likeness (QED) is 0.471. The summed E-state index contributed by atoms with van der Waals surface area (Å²) in [7, 11) is 0. The molecule has 1 aliphatic heterocycles. The molecule has 2 rings (SSSR count). The number of hydroxylamine groups is 2. The zero-order valence-corrected chi connectivity index (χ0v) is 10.4. The lowest BCUT2D eigenvalue weighted by Gasteiger charge is -2.12. The first-order valence-electron chi connectivity index (χ1n) is 4.97. The molecule has 0 N–H and O–H groups in total. The van der Waals surface area contributed by atoms with Gasteiger partial charge in [-0.2, -0.15) is 17.5 Å². The minimum atomic E-state index is -5.29. The molecule has 1 aromatic rings. The van der Waals surface area contributed by atoms with Crippen LogP contribution in [0.4, 0.5) is 18.9 Å². The molecular weight excluding hydrogens is 321 g/mol. The summed E-state index contributed by atoms with van der Waals surface area (Å²) >= 11 is -3.92. The van der Waals surface area contributed by atoms with Gasteiger partial charge in [-0.25, -0.2) is 4.21 Å². The van der Waals surface area contributed by atoms with Crippen LogP contribution in [-0.2, 0) is 15.4 Å². The first-order valence-corrected chi connectivity index (χ1v) is 6.04. The Morgan fingerprint density at radius 2 is 1.76 bits per heavy atom. The number of alkyl halides is 3. The van der Waals surface area contributed by atoms with Gasteiger partial charge in [0, 0.05) is 12.1 Å². The third-order valence-corrected chi connectivity index (χ3v) is 3.04. The number of nitro benzene ring substituents is 1. The molecule has 1 aromatic carbocycles. The van der Waals surface area contributed by atoms with E-state index in [1.165, 1.54) is 0 Å². The Balaban J connectivity index is 2.34. The first-order chi connectivity index (χ1) is 9.62. The molecule has 112 valence electrons. The molecule has 21 heavy (non-hydrogen) atoms. The fourth-order valence-electron chi connectivity index (χ4n) is 1.50. The zero-order chi connectivity index (χ0) is 15.9. The van der Waals surface area contributed by atoms with E-state index in [0.717, 1.165) is 18.2 Å². The minimum absolute atomic E-state index is 0.335. The van der Waals surface area contributed by atoms with Crippen LogP contribution in [0.5, 0.6) is 0 Å². The third kappa shape index (κ3) is 2.62. The average Bonchev–Trinajstić information content (AvgIpc) is 2.62. The van der Waals surface area contributed by atoms with Crippen LogP contribution in [-0.4, -0.2) is 31.5 Å². The molecule has 0 bridgehead atoms. The van der Waals surface area contributed by atoms with Gasteiger partial charge in [-0.05, 0) is 6.07 Å². The predicted molar refractivity (Wildman–Crippen MR) is 58.9 cm³/mol. The molecule has 0 saturated heterocycles. The van der Waals surface area contributed by atoms with Crippen LogP contribution in [0.25, 0.3) is 0 Å². The third-order valence-electron chi connectivity index (χ3n) is 2.37. The van der Waals surface area contributed by atoms with Gasteiger partial charge in [-0.15, -0.1) is 5.06 Å². The van der Waals surface area contributed by atoms with Gasteiger partial charge in [-0.3, -0.25) is 19.7 Å². The SMILES string of the molecule is O=C1c2ccc([N+](=O)[O-])cc2C(=O)N1OS(=O)C(F)(F)F. The number of imide groups is 1. The molecule has 12 heteroatoms. The van der Waals surface area contributed by atoms with E-state index in [9.17, 15) is 37.1 Å². The van der Waals surface area contributed by atoms with Crippen molar-refractivity contribution in [2.24, 2.45) is 0 Å². The second kappa shape index (κ2) is 4.89. The number of rotatable bonds is 3. The number of benzene rings is 1. The molecule has 1 atom stereocenters. The van der Waals surface area contributed by atoms with E-state index in [-0.39, 0.29) is 10.6 Å². The Morgan fingerprint density at radius 1 is 1.19 bits per heavy atom. The lowest BCUT2D eigenvalue weighted by Crippen LogP contribution is -2.34. The van der Waals surface area contributed by atoms with Crippen molar-refractivity contribution in [2.45, 2.75) is 5.51 Å². The van der Waals surface area contributed by atoms with Crippen molar-refractivity contribution in [3.63, 3.8) is 0 Å². The topological polar surface area (TPSA) is 107 Å². The summed E-state index contributed by atoms with van der Waals surface area (Å²) in [6, 6.07) is 2.51. The largest absolute Gasteiger partial charge is 0.499 e. The summed E-state index contributed by atoms with van der Waals surface area (Å²) in [4.78, 5) is 33.1. The molecule has 2 amide bonds. The lowest BCUT2D eigenvalue weighted by atomic mass is 10.1. The van der Waals surface area contributed by atoms with Crippen molar-refractivity contribution in [3.05, 3.63) is 39.4 Å². The van der Waals surface area contributed by atoms with E-state index in [1.807, 2.05) is 0 Å². The molecule has 1 heterocycles. The van der Waals surface area contributed by atoms with Gasteiger partial charge < -0.3 is 0 Å². The molecule has 0 saturated carbocycles. The summed E-state index contributed by atoms with van der Waals surface area (Å²) in [5.41, 5.74) is -6.71. The van der Waals surface area contributed by atoms with Crippen LogP contribution in [0.3, 0.4) is 0 Å². The Labute approximate surface area is 115 Å². The monoisotopic (exact) mass is 324 g/mol. The summed E-state index contributed by atoms with van der Waals surface area (Å²) in [6.07, 6.45) is 0. The molecule has 1 aliphatic rings. The number of nitro groups is 1. The Bertz CT molecular complexity index is 689. The molecule has 0 radical (unpaired) electrons. The normalized spacial score (nSPS) is 16.0. The number of hydrogen-bond acceptors (Lipinski definition) is 6. The highest BCUT2D eigenvalue weighted by atomic mass is 32.2. The highest BCUT2D eigenvalue weighted by Crippen LogP contribution is 2.29. The lowest BCUT2D eigenvalue weighted by molar-refractivity contribution is -0.384. The summed E-state index contributed by atoms with van der Waals surface area (Å²) in [6.45, 7) is 0. The molecule has 0 spiro atoms. The second-order valence-electron chi connectivity index (χ2n) is 3.65. The van der Waals surface area contributed by atoms with Gasteiger partial charge in [-0.1, -0.05) is 0 Å². The highest BCUT2D eigenvalue weighted by Gasteiger charge is 2.46. The van der Waals surface area contributed by atoms with Crippen molar-refractivity contribution < 1.29 is 36.2 Å². The molecule has 0 aliphatic carbocycles. The van der Waals surface area contributed by atoms with Crippen LogP contribution in [0.15, 0.2) is 18.2 Å². The summed E-state index contributed by atoms with van der Waals surface area (Å²) < 4.78 is 50.8. The van der Waals surface area contributed by atoms with E-state index in [1.54, 1.807) is 0 Å². The van der Waals surface area contributed by atoms with Crippen LogP contribution in [0.1, 0.15) is 20.7 Å². The van der Waals surface area contributed by atoms with Gasteiger partial charge in [0.2, 0.25) is 0 Å². The predicted octanol–water partition coefficient (Wildman–Crippen LogP) is 1.31. The molecular formula is C9H3F3N2O6S. The van der Waals surface area contributed by atoms with Gasteiger partial charge >= 0.3 is 5.51 Å². The number of carbonyl (C=O) groups is 2. The highest BCUT2D eigenvalue weighted by molar-refractivity contribution is 7.81. The van der Waals surface area contributed by atoms with Gasteiger partial charge in [0.05, 0.1) is 16.1 Å². The number of fused-ring (bicyclic) bond motifs is 1.